The van der Waals surface area contributed by atoms with E-state index in [0.29, 0.717) is 13.1 Å². The zero-order valence-corrected chi connectivity index (χ0v) is 15.4. The second-order valence-electron chi connectivity index (χ2n) is 6.16. The molecule has 26 heavy (non-hydrogen) atoms. The highest BCUT2D eigenvalue weighted by Crippen LogP contribution is 2.25. The van der Waals surface area contributed by atoms with Crippen LogP contribution in [0.4, 0.5) is 11.4 Å². The zero-order chi connectivity index (χ0) is 18.5. The normalized spacial score (nSPS) is 15.6. The van der Waals surface area contributed by atoms with Gasteiger partial charge in [-0.2, -0.15) is 0 Å². The number of hydrogen-bond donors (Lipinski definition) is 0. The van der Waals surface area contributed by atoms with Gasteiger partial charge in [0.25, 0.3) is 5.69 Å². The standard InChI is InChI=1S/C19H21N3O3S/c1-15(26-18-5-3-2-4-6-18)19(23)21-13-11-20(12-14-21)16-7-9-17(10-8-16)22(24)25/h2-10,15H,11-14H2,1H3/t15-/m1/s1. The lowest BCUT2D eigenvalue weighted by atomic mass is 10.2. The minimum absolute atomic E-state index is 0.0920. The van der Waals surface area contributed by atoms with Crippen LogP contribution < -0.4 is 4.90 Å². The summed E-state index contributed by atoms with van der Waals surface area (Å²) in [6.45, 7) is 4.73. The van der Waals surface area contributed by atoms with Gasteiger partial charge in [0.1, 0.15) is 0 Å². The Balaban J connectivity index is 1.54. The van der Waals surface area contributed by atoms with Gasteiger partial charge in [-0.1, -0.05) is 18.2 Å². The van der Waals surface area contributed by atoms with E-state index in [1.165, 1.54) is 12.1 Å². The zero-order valence-electron chi connectivity index (χ0n) is 14.6. The maximum atomic E-state index is 12.7. The molecule has 2 aromatic rings. The maximum Gasteiger partial charge on any atom is 0.269 e. The molecule has 1 aliphatic heterocycles. The number of hydrogen-bond acceptors (Lipinski definition) is 5. The molecule has 0 aliphatic carbocycles. The number of nitro groups is 1. The monoisotopic (exact) mass is 371 g/mol. The molecule has 0 aromatic heterocycles. The SMILES string of the molecule is C[C@@H](Sc1ccccc1)C(=O)N1CCN(c2ccc([N+](=O)[O-])cc2)CC1. The highest BCUT2D eigenvalue weighted by Gasteiger charge is 2.25. The first-order valence-electron chi connectivity index (χ1n) is 8.54. The number of benzene rings is 2. The third kappa shape index (κ3) is 4.35. The van der Waals surface area contributed by atoms with E-state index in [2.05, 4.69) is 4.90 Å². The Bertz CT molecular complexity index is 759. The van der Waals surface area contributed by atoms with Crippen molar-refractivity contribution < 1.29 is 9.72 Å². The maximum absolute atomic E-state index is 12.7. The Morgan fingerprint density at radius 1 is 1.04 bits per heavy atom. The van der Waals surface area contributed by atoms with Gasteiger partial charge in [0.2, 0.25) is 5.91 Å². The number of amides is 1. The van der Waals surface area contributed by atoms with E-state index < -0.39 is 4.92 Å². The third-order valence-electron chi connectivity index (χ3n) is 4.42. The van der Waals surface area contributed by atoms with E-state index in [4.69, 9.17) is 0 Å². The summed E-state index contributed by atoms with van der Waals surface area (Å²) in [6.07, 6.45) is 0. The van der Waals surface area contributed by atoms with Crippen LogP contribution in [-0.2, 0) is 4.79 Å². The van der Waals surface area contributed by atoms with Gasteiger partial charge in [-0.3, -0.25) is 14.9 Å². The van der Waals surface area contributed by atoms with Crippen LogP contribution >= 0.6 is 11.8 Å². The van der Waals surface area contributed by atoms with E-state index >= 15 is 0 Å². The Labute approximate surface area is 156 Å². The van der Waals surface area contributed by atoms with Crippen LogP contribution in [0.1, 0.15) is 6.92 Å². The Kier molecular flexibility index (Phi) is 5.78. The number of nitro benzene ring substituents is 1. The van der Waals surface area contributed by atoms with Crippen molar-refractivity contribution in [3.05, 3.63) is 64.7 Å². The molecule has 0 spiro atoms. The fraction of sp³-hybridized carbons (Fsp3) is 0.316. The van der Waals surface area contributed by atoms with Gasteiger partial charge >= 0.3 is 0 Å². The minimum Gasteiger partial charge on any atom is -0.368 e. The highest BCUT2D eigenvalue weighted by molar-refractivity contribution is 8.00. The van der Waals surface area contributed by atoms with Crippen LogP contribution in [0.3, 0.4) is 0 Å². The predicted octanol–water partition coefficient (Wildman–Crippen LogP) is 3.42. The summed E-state index contributed by atoms with van der Waals surface area (Å²) >= 11 is 1.58. The molecule has 1 fully saturated rings. The molecule has 1 atom stereocenters. The van der Waals surface area contributed by atoms with Gasteiger partial charge in [-0.15, -0.1) is 11.8 Å². The number of rotatable bonds is 5. The van der Waals surface area contributed by atoms with Crippen molar-refractivity contribution in [2.75, 3.05) is 31.1 Å². The smallest absolute Gasteiger partial charge is 0.269 e. The fourth-order valence-corrected chi connectivity index (χ4v) is 3.95. The van der Waals surface area contributed by atoms with E-state index in [0.717, 1.165) is 23.7 Å². The molecule has 0 radical (unpaired) electrons. The molecule has 0 N–H and O–H groups in total. The lowest BCUT2D eigenvalue weighted by Gasteiger charge is -2.37. The lowest BCUT2D eigenvalue weighted by Crippen LogP contribution is -2.50. The fourth-order valence-electron chi connectivity index (χ4n) is 2.98. The van der Waals surface area contributed by atoms with Crippen molar-refractivity contribution in [2.45, 2.75) is 17.1 Å². The third-order valence-corrected chi connectivity index (χ3v) is 5.52. The highest BCUT2D eigenvalue weighted by atomic mass is 32.2. The topological polar surface area (TPSA) is 66.7 Å². The second kappa shape index (κ2) is 8.23. The van der Waals surface area contributed by atoms with Crippen molar-refractivity contribution in [1.82, 2.24) is 4.90 Å². The number of thioether (sulfide) groups is 1. The molecular weight excluding hydrogens is 350 g/mol. The largest absolute Gasteiger partial charge is 0.368 e. The molecule has 3 rings (SSSR count). The van der Waals surface area contributed by atoms with Crippen molar-refractivity contribution >= 4 is 29.0 Å². The van der Waals surface area contributed by atoms with Crippen molar-refractivity contribution in [3.63, 3.8) is 0 Å². The molecular formula is C19H21N3O3S. The Morgan fingerprint density at radius 2 is 1.65 bits per heavy atom. The van der Waals surface area contributed by atoms with Gasteiger partial charge < -0.3 is 9.80 Å². The first-order valence-corrected chi connectivity index (χ1v) is 9.42. The number of anilines is 1. The van der Waals surface area contributed by atoms with Crippen LogP contribution in [0.5, 0.6) is 0 Å². The number of carbonyl (C=O) groups excluding carboxylic acids is 1. The van der Waals surface area contributed by atoms with Crippen LogP contribution in [0.15, 0.2) is 59.5 Å². The molecule has 7 heteroatoms. The summed E-state index contributed by atoms with van der Waals surface area (Å²) in [5, 5.41) is 10.6. The van der Waals surface area contributed by atoms with E-state index in [9.17, 15) is 14.9 Å². The number of piperazine rings is 1. The van der Waals surface area contributed by atoms with Crippen LogP contribution in [0, 0.1) is 10.1 Å². The van der Waals surface area contributed by atoms with Gasteiger partial charge in [0, 0.05) is 48.9 Å². The van der Waals surface area contributed by atoms with Crippen molar-refractivity contribution in [2.24, 2.45) is 0 Å². The summed E-state index contributed by atoms with van der Waals surface area (Å²) in [5.41, 5.74) is 1.05. The average molecular weight is 371 g/mol. The Hall–Kier alpha value is -2.54. The summed E-state index contributed by atoms with van der Waals surface area (Å²) in [6, 6.07) is 16.5. The molecule has 136 valence electrons. The van der Waals surface area contributed by atoms with Gasteiger partial charge in [0.05, 0.1) is 10.2 Å². The van der Waals surface area contributed by atoms with E-state index in [-0.39, 0.29) is 16.8 Å². The quantitative estimate of drug-likeness (QED) is 0.458. The second-order valence-corrected chi connectivity index (χ2v) is 7.57. The van der Waals surface area contributed by atoms with Crippen molar-refractivity contribution in [3.8, 4) is 0 Å². The van der Waals surface area contributed by atoms with Gasteiger partial charge in [-0.05, 0) is 31.2 Å². The summed E-state index contributed by atoms with van der Waals surface area (Å²) in [7, 11) is 0. The summed E-state index contributed by atoms with van der Waals surface area (Å²) < 4.78 is 0. The molecule has 1 saturated heterocycles. The van der Waals surface area contributed by atoms with Gasteiger partial charge in [0.15, 0.2) is 0 Å². The molecule has 1 aliphatic rings. The molecule has 0 bridgehead atoms. The molecule has 1 amide bonds. The first-order chi connectivity index (χ1) is 12.5. The first kappa shape index (κ1) is 18.3. The van der Waals surface area contributed by atoms with Gasteiger partial charge in [-0.25, -0.2) is 0 Å². The number of nitrogens with zero attached hydrogens (tertiary/aromatic N) is 3. The van der Waals surface area contributed by atoms with E-state index in [1.807, 2.05) is 42.2 Å². The summed E-state index contributed by atoms with van der Waals surface area (Å²) in [5.74, 6) is 0.155. The molecule has 6 nitrogen and oxygen atoms in total. The molecule has 0 unspecified atom stereocenters. The molecule has 1 heterocycles. The van der Waals surface area contributed by atoms with Crippen LogP contribution in [0.2, 0.25) is 0 Å². The summed E-state index contributed by atoms with van der Waals surface area (Å²) in [4.78, 5) is 28.2. The number of non-ortho nitro benzene ring substituents is 1. The Morgan fingerprint density at radius 3 is 2.23 bits per heavy atom. The van der Waals surface area contributed by atoms with Crippen LogP contribution in [0.25, 0.3) is 0 Å². The minimum atomic E-state index is -0.397. The van der Waals surface area contributed by atoms with E-state index in [1.54, 1.807) is 23.9 Å². The molecule has 0 saturated carbocycles. The molecule has 2 aromatic carbocycles. The average Bonchev–Trinajstić information content (AvgIpc) is 2.68. The predicted molar refractivity (Wildman–Crippen MR) is 104 cm³/mol. The number of carbonyl (C=O) groups is 1. The van der Waals surface area contributed by atoms with Crippen molar-refractivity contribution in [1.29, 1.82) is 0 Å². The lowest BCUT2D eigenvalue weighted by molar-refractivity contribution is -0.384. The van der Waals surface area contributed by atoms with Crippen LogP contribution in [-0.4, -0.2) is 47.2 Å².